The van der Waals surface area contributed by atoms with E-state index < -0.39 is 174 Å². The van der Waals surface area contributed by atoms with Crippen molar-refractivity contribution < 1.29 is 75.4 Å². The van der Waals surface area contributed by atoms with E-state index in [1.807, 2.05) is 20.8 Å². The highest BCUT2D eigenvalue weighted by Crippen LogP contribution is 2.44. The summed E-state index contributed by atoms with van der Waals surface area (Å²) in [7, 11) is 8.57. The van der Waals surface area contributed by atoms with Crippen molar-refractivity contribution in [2.24, 2.45) is 35.5 Å². The number of nitrogens with zero attached hydrogens (tertiary/aromatic N) is 9. The maximum atomic E-state index is 15.4. The number of amides is 12. The first-order chi connectivity index (χ1) is 46.6. The second kappa shape index (κ2) is 35.0. The number of morpholine rings is 1. The van der Waals surface area contributed by atoms with Gasteiger partial charge in [-0.05, 0) is 107 Å². The zero-order chi connectivity index (χ0) is 73.1. The molecule has 3 aliphatic carbocycles. The SMILES string of the molecule is CC[C@H](C)[C@@H]1NC(=O)[C@H](CC(C)C)N(C)C(=O)C[C@@H](C(=O)N2CCOCC2)N(C)C(=O)[C@H](C(C)C)N(C)C(=O)C2(CCCC2)NC(=O)[C@@H]2CCCN2C(=O)[C@H](CCC2CCC(C(F)(F)F)C(Cl)C2)NC(=O)CN(C)C(=O)[C@H](CC2CCCCC2)N(C)C(=O)[C@@H]2CCN2C(=O)CN(C)C1=O. The summed E-state index contributed by atoms with van der Waals surface area (Å²) in [5, 5.41) is 7.55. The fraction of sp³-hybridized carbons (Fsp3) is 0.829. The highest BCUT2D eigenvalue weighted by molar-refractivity contribution is 6.21. The van der Waals surface area contributed by atoms with Gasteiger partial charge in [0.25, 0.3) is 0 Å². The molecule has 3 N–H and O–H groups in total. The van der Waals surface area contributed by atoms with Crippen molar-refractivity contribution in [1.82, 2.24) is 60.0 Å². The molecule has 7 aliphatic rings. The Morgan fingerprint density at radius 2 is 1.26 bits per heavy atom. The second-order valence-electron chi connectivity index (χ2n) is 30.2. The molecule has 0 radical (unpaired) electrons. The summed E-state index contributed by atoms with van der Waals surface area (Å²) in [6.45, 7) is 10.6. The highest BCUT2D eigenvalue weighted by Gasteiger charge is 2.52. The van der Waals surface area contributed by atoms with Crippen LogP contribution < -0.4 is 16.0 Å². The van der Waals surface area contributed by atoms with Crippen molar-refractivity contribution in [3.8, 4) is 0 Å². The van der Waals surface area contributed by atoms with Gasteiger partial charge >= 0.3 is 6.18 Å². The molecule has 25 nitrogen and oxygen atoms in total. The Morgan fingerprint density at radius 3 is 1.85 bits per heavy atom. The van der Waals surface area contributed by atoms with Crippen molar-refractivity contribution in [2.45, 2.75) is 242 Å². The van der Waals surface area contributed by atoms with Crippen molar-refractivity contribution in [2.75, 3.05) is 94.8 Å². The molecule has 3 unspecified atom stereocenters. The van der Waals surface area contributed by atoms with E-state index >= 15 is 19.2 Å². The lowest BCUT2D eigenvalue weighted by atomic mass is 9.78. The predicted octanol–water partition coefficient (Wildman–Crippen LogP) is 4.55. The van der Waals surface area contributed by atoms with Crippen LogP contribution in [0.25, 0.3) is 0 Å². The average molecular weight is 1420 g/mol. The fourth-order valence-electron chi connectivity index (χ4n) is 16.0. The minimum atomic E-state index is -4.51. The van der Waals surface area contributed by atoms with Crippen LogP contribution in [0.3, 0.4) is 0 Å². The van der Waals surface area contributed by atoms with Crippen molar-refractivity contribution in [3.05, 3.63) is 0 Å². The van der Waals surface area contributed by atoms with Gasteiger partial charge in [-0.2, -0.15) is 13.2 Å². The molecule has 4 heterocycles. The zero-order valence-electron chi connectivity index (χ0n) is 60.5. The highest BCUT2D eigenvalue weighted by atomic mass is 35.5. The van der Waals surface area contributed by atoms with E-state index in [1.54, 1.807) is 20.8 Å². The quantitative estimate of drug-likeness (QED) is 0.240. The van der Waals surface area contributed by atoms with Gasteiger partial charge < -0.3 is 64.8 Å². The van der Waals surface area contributed by atoms with Crippen molar-refractivity contribution in [1.29, 1.82) is 0 Å². The Bertz CT molecular complexity index is 2910. The van der Waals surface area contributed by atoms with Gasteiger partial charge in [0.2, 0.25) is 70.9 Å². The molecule has 0 bridgehead atoms. The number of halogens is 4. The van der Waals surface area contributed by atoms with E-state index in [-0.39, 0.29) is 128 Å². The number of alkyl halides is 4. The van der Waals surface area contributed by atoms with Gasteiger partial charge in [-0.15, -0.1) is 11.6 Å². The third kappa shape index (κ3) is 19.5. The third-order valence-electron chi connectivity index (χ3n) is 22.4. The minimum absolute atomic E-state index is 0.00212. The number of rotatable bonds is 11. The molecule has 29 heteroatoms. The Kier molecular flexibility index (Phi) is 28.3. The summed E-state index contributed by atoms with van der Waals surface area (Å²) < 4.78 is 47.5. The number of likely N-dealkylation sites (N-methyl/N-ethyl adjacent to an activating group) is 6. The van der Waals surface area contributed by atoms with Gasteiger partial charge in [-0.25, -0.2) is 0 Å². The summed E-state index contributed by atoms with van der Waals surface area (Å²) in [4.78, 5) is 190. The lowest BCUT2D eigenvalue weighted by Gasteiger charge is -2.44. The normalized spacial score (nSPS) is 30.4. The largest absolute Gasteiger partial charge is 0.393 e. The van der Waals surface area contributed by atoms with E-state index in [9.17, 15) is 51.5 Å². The van der Waals surface area contributed by atoms with Crippen molar-refractivity contribution in [3.63, 3.8) is 0 Å². The Morgan fingerprint density at radius 1 is 0.616 bits per heavy atom. The Hall–Kier alpha value is -6.32. The number of hydrogen-bond donors (Lipinski definition) is 3. The standard InChI is InChI=1S/C70H112ClF3N12O13/c1-13-44(6)58-66(96)79(8)41-57(89)85-31-27-51(85)64(94)81(10)53(38-45-20-15-14-16-21-45)63(93)78(7)40-55(87)75-49(26-24-46-23-25-47(48(71)37-46)70(72,73)74)62(92)86-30-19-22-50(86)61(91)77-69(28-17-18-29-69)68(98)83(12)59(43(4)5)67(97)82(11)54(65(95)84-32-34-99-35-33-84)39-56(88)80(9)52(36-42(2)3)60(90)76-58/h42-54,58-59H,13-41H2,1-12H3,(H,75,87)(H,76,90)(H,77,91)/t44-,46?,47?,48?,49-,50-,51-,52-,53-,54-,58-,59-/m0/s1. The lowest BCUT2D eigenvalue weighted by molar-refractivity contribution is -0.182. The first-order valence-electron chi connectivity index (χ1n) is 36.3. The van der Waals surface area contributed by atoms with E-state index in [0.717, 1.165) is 37.0 Å². The Balaban J connectivity index is 1.26. The van der Waals surface area contributed by atoms with Crippen LogP contribution in [0.2, 0.25) is 0 Å². The maximum absolute atomic E-state index is 15.4. The summed E-state index contributed by atoms with van der Waals surface area (Å²) in [6.07, 6.45) is 2.21. The van der Waals surface area contributed by atoms with Gasteiger partial charge in [-0.3, -0.25) is 57.5 Å². The van der Waals surface area contributed by atoms with E-state index in [0.29, 0.717) is 25.7 Å². The lowest BCUT2D eigenvalue weighted by Crippen LogP contribution is -2.65. The number of fused-ring (bicyclic) bond motifs is 2. The number of carbonyl (C=O) groups excluding carboxylic acids is 12. The molecular weight excluding hydrogens is 1310 g/mol. The number of ether oxygens (including phenoxy) is 1. The summed E-state index contributed by atoms with van der Waals surface area (Å²) in [5.41, 5.74) is -1.58. The van der Waals surface area contributed by atoms with Crippen molar-refractivity contribution >= 4 is 82.5 Å². The van der Waals surface area contributed by atoms with Gasteiger partial charge in [0.1, 0.15) is 53.9 Å². The third-order valence-corrected chi connectivity index (χ3v) is 22.9. The minimum Gasteiger partial charge on any atom is -0.378 e. The average Bonchev–Trinajstić information content (AvgIpc) is 1.77. The second-order valence-corrected chi connectivity index (χ2v) is 30.8. The summed E-state index contributed by atoms with van der Waals surface area (Å²) in [6, 6.07) is -9.73. The van der Waals surface area contributed by atoms with Gasteiger partial charge in [0, 0.05) is 73.8 Å². The van der Waals surface area contributed by atoms with E-state index in [2.05, 4.69) is 16.0 Å². The van der Waals surface area contributed by atoms with Crippen LogP contribution in [-0.4, -0.2) is 275 Å². The monoisotopic (exact) mass is 1420 g/mol. The van der Waals surface area contributed by atoms with Gasteiger partial charge in [0.15, 0.2) is 0 Å². The smallest absolute Gasteiger partial charge is 0.378 e. The first kappa shape index (κ1) is 80.0. The predicted molar refractivity (Wildman–Crippen MR) is 362 cm³/mol. The number of hydrogen-bond acceptors (Lipinski definition) is 13. The van der Waals surface area contributed by atoms with E-state index in [1.165, 1.54) is 81.5 Å². The van der Waals surface area contributed by atoms with Crippen LogP contribution in [0, 0.1) is 35.5 Å². The summed E-state index contributed by atoms with van der Waals surface area (Å²) in [5.74, 6) is -10.9. The molecule has 4 saturated heterocycles. The Labute approximate surface area is 587 Å². The molecule has 0 aromatic carbocycles. The zero-order valence-corrected chi connectivity index (χ0v) is 61.3. The molecule has 7 fully saturated rings. The molecule has 4 aliphatic heterocycles. The van der Waals surface area contributed by atoms with Crippen LogP contribution in [0.1, 0.15) is 176 Å². The number of carbonyl (C=O) groups is 12. The molecule has 12 amide bonds. The van der Waals surface area contributed by atoms with Crippen LogP contribution in [0.5, 0.6) is 0 Å². The molecule has 0 aromatic heterocycles. The van der Waals surface area contributed by atoms with Crippen LogP contribution in [-0.2, 0) is 62.3 Å². The molecule has 1 spiro atoms. The first-order valence-corrected chi connectivity index (χ1v) is 36.7. The van der Waals surface area contributed by atoms with Crippen LogP contribution in [0.15, 0.2) is 0 Å². The molecule has 0 aromatic rings. The van der Waals surface area contributed by atoms with Crippen LogP contribution in [0.4, 0.5) is 13.2 Å². The fourth-order valence-corrected chi connectivity index (χ4v) is 16.5. The topological polar surface area (TPSA) is 279 Å². The molecular formula is C70H112ClF3N12O13. The van der Waals surface area contributed by atoms with Gasteiger partial charge in [0.05, 0.1) is 38.6 Å². The molecule has 3 saturated carbocycles. The molecule has 99 heavy (non-hydrogen) atoms. The molecule has 12 atom stereocenters. The van der Waals surface area contributed by atoms with Crippen LogP contribution >= 0.6 is 11.6 Å². The number of nitrogens with one attached hydrogen (secondary N) is 3. The maximum Gasteiger partial charge on any atom is 0.393 e. The van der Waals surface area contributed by atoms with E-state index in [4.69, 9.17) is 16.3 Å². The molecule has 558 valence electrons. The summed E-state index contributed by atoms with van der Waals surface area (Å²) >= 11 is 6.40. The molecule has 7 rings (SSSR count). The van der Waals surface area contributed by atoms with Gasteiger partial charge in [-0.1, -0.05) is 92.9 Å².